The van der Waals surface area contributed by atoms with Crippen LogP contribution < -0.4 is 4.72 Å². The Bertz CT molecular complexity index is 775. The van der Waals surface area contributed by atoms with Crippen LogP contribution in [0.2, 0.25) is 0 Å². The molecule has 2 aromatic carbocycles. The zero-order valence-electron chi connectivity index (χ0n) is 10.8. The lowest BCUT2D eigenvalue weighted by molar-refractivity contribution is -0.0450. The van der Waals surface area contributed by atoms with Crippen LogP contribution in [0.5, 0.6) is 0 Å². The number of hydrogen-bond acceptors (Lipinski definition) is 2. The first-order chi connectivity index (χ1) is 9.62. The fraction of sp³-hybridized carbons (Fsp3) is 0.231. The summed E-state index contributed by atoms with van der Waals surface area (Å²) < 4.78 is 61.9. The molecule has 0 spiro atoms. The number of nitrogens with one attached hydrogen (secondary N) is 1. The summed E-state index contributed by atoms with van der Waals surface area (Å²) in [6.45, 7) is 1.38. The summed E-state index contributed by atoms with van der Waals surface area (Å²) in [5, 5.41) is 1.78. The van der Waals surface area contributed by atoms with Gasteiger partial charge in [0.05, 0.1) is 0 Å². The molecule has 0 saturated heterocycles. The highest BCUT2D eigenvalue weighted by molar-refractivity contribution is 14.1. The van der Waals surface area contributed by atoms with Crippen molar-refractivity contribution in [1.29, 1.82) is 0 Å². The van der Waals surface area contributed by atoms with Crippen LogP contribution in [0.3, 0.4) is 0 Å². The maximum atomic E-state index is 12.4. The van der Waals surface area contributed by atoms with Crippen LogP contribution in [0.15, 0.2) is 36.4 Å². The number of hydrogen-bond donors (Lipinski definition) is 1. The molecule has 2 aromatic rings. The Kier molecular flexibility index (Phi) is 4.50. The molecule has 1 atom stereocenters. The van der Waals surface area contributed by atoms with E-state index < -0.39 is 21.6 Å². The predicted octanol–water partition coefficient (Wildman–Crippen LogP) is 3.94. The van der Waals surface area contributed by atoms with E-state index in [9.17, 15) is 21.6 Å². The van der Waals surface area contributed by atoms with Crippen LogP contribution in [-0.4, -0.2) is 13.9 Å². The van der Waals surface area contributed by atoms with Gasteiger partial charge in [0.25, 0.3) is 0 Å². The second kappa shape index (κ2) is 5.73. The van der Waals surface area contributed by atoms with Gasteiger partial charge in [-0.2, -0.15) is 13.2 Å². The smallest absolute Gasteiger partial charge is 0.203 e. The summed E-state index contributed by atoms with van der Waals surface area (Å²) in [5.41, 5.74) is -4.81. The number of halogens is 4. The maximum Gasteiger partial charge on any atom is 0.511 e. The molecule has 114 valence electrons. The SMILES string of the molecule is C[C@@H](NS(=O)(=O)C(F)(F)F)c1cc2ccccc2cc1I. The molecule has 0 unspecified atom stereocenters. The fourth-order valence-corrected chi connectivity index (χ4v) is 3.61. The van der Waals surface area contributed by atoms with Crippen molar-refractivity contribution in [2.45, 2.75) is 18.5 Å². The summed E-state index contributed by atoms with van der Waals surface area (Å²) in [5.74, 6) is 0. The van der Waals surface area contributed by atoms with Crippen molar-refractivity contribution >= 4 is 43.4 Å². The average molecular weight is 429 g/mol. The van der Waals surface area contributed by atoms with Crippen molar-refractivity contribution in [2.75, 3.05) is 0 Å². The monoisotopic (exact) mass is 429 g/mol. The summed E-state index contributed by atoms with van der Waals surface area (Å²) in [4.78, 5) is 0. The zero-order valence-corrected chi connectivity index (χ0v) is 13.8. The highest BCUT2D eigenvalue weighted by Gasteiger charge is 2.46. The summed E-state index contributed by atoms with van der Waals surface area (Å²) >= 11 is 1.98. The van der Waals surface area contributed by atoms with Gasteiger partial charge in [0.2, 0.25) is 0 Å². The third-order valence-electron chi connectivity index (χ3n) is 2.97. The van der Waals surface area contributed by atoms with Gasteiger partial charge in [0.15, 0.2) is 0 Å². The molecule has 0 aliphatic rings. The lowest BCUT2D eigenvalue weighted by atomic mass is 10.0. The molecule has 0 radical (unpaired) electrons. The van der Waals surface area contributed by atoms with E-state index in [1.54, 1.807) is 10.8 Å². The number of alkyl halides is 3. The van der Waals surface area contributed by atoms with E-state index >= 15 is 0 Å². The Morgan fingerprint density at radius 3 is 2.19 bits per heavy atom. The van der Waals surface area contributed by atoms with Crippen LogP contribution in [0.25, 0.3) is 10.8 Å². The van der Waals surface area contributed by atoms with E-state index in [0.29, 0.717) is 9.13 Å². The lowest BCUT2D eigenvalue weighted by Gasteiger charge is -2.18. The van der Waals surface area contributed by atoms with Gasteiger partial charge < -0.3 is 0 Å². The first kappa shape index (κ1) is 16.5. The third kappa shape index (κ3) is 3.49. The molecule has 0 fully saturated rings. The quantitative estimate of drug-likeness (QED) is 0.752. The minimum atomic E-state index is -5.37. The van der Waals surface area contributed by atoms with Crippen molar-refractivity contribution in [1.82, 2.24) is 4.72 Å². The molecule has 3 nitrogen and oxygen atoms in total. The summed E-state index contributed by atoms with van der Waals surface area (Å²) in [6.07, 6.45) is 0. The molecule has 0 aliphatic carbocycles. The lowest BCUT2D eigenvalue weighted by Crippen LogP contribution is -2.38. The Morgan fingerprint density at radius 2 is 1.67 bits per heavy atom. The topological polar surface area (TPSA) is 46.2 Å². The molecule has 0 aliphatic heterocycles. The van der Waals surface area contributed by atoms with Crippen molar-refractivity contribution in [3.05, 3.63) is 45.5 Å². The Labute approximate surface area is 133 Å². The summed E-state index contributed by atoms with van der Waals surface area (Å²) in [7, 11) is -5.37. The highest BCUT2D eigenvalue weighted by atomic mass is 127. The van der Waals surface area contributed by atoms with Gasteiger partial charge in [-0.25, -0.2) is 13.1 Å². The van der Waals surface area contributed by atoms with Crippen LogP contribution in [0.4, 0.5) is 13.2 Å². The van der Waals surface area contributed by atoms with Crippen LogP contribution in [0, 0.1) is 3.57 Å². The molecular formula is C13H11F3INO2S. The Morgan fingerprint density at radius 1 is 1.14 bits per heavy atom. The predicted molar refractivity (Wildman–Crippen MR) is 83.2 cm³/mol. The minimum Gasteiger partial charge on any atom is -0.203 e. The first-order valence-corrected chi connectivity index (χ1v) is 8.45. The van der Waals surface area contributed by atoms with Crippen molar-refractivity contribution < 1.29 is 21.6 Å². The van der Waals surface area contributed by atoms with E-state index in [1.807, 2.05) is 52.9 Å². The molecular weight excluding hydrogens is 418 g/mol. The van der Waals surface area contributed by atoms with Crippen LogP contribution in [0.1, 0.15) is 18.5 Å². The molecule has 0 heterocycles. The molecule has 0 amide bonds. The van der Waals surface area contributed by atoms with E-state index in [0.717, 1.165) is 10.8 Å². The second-order valence-corrected chi connectivity index (χ2v) is 7.38. The standard InChI is InChI=1S/C13H11F3INO2S/c1-8(18-21(19,20)13(14,15)16)11-6-9-4-2-3-5-10(9)7-12(11)17/h2-8,18H,1H3/t8-/m1/s1. The van der Waals surface area contributed by atoms with Gasteiger partial charge in [-0.3, -0.25) is 0 Å². The molecule has 0 bridgehead atoms. The Hall–Kier alpha value is -0.870. The van der Waals surface area contributed by atoms with Crippen molar-refractivity contribution in [3.63, 3.8) is 0 Å². The number of benzene rings is 2. The Balaban J connectivity index is 2.40. The zero-order chi connectivity index (χ0) is 15.8. The van der Waals surface area contributed by atoms with Crippen LogP contribution >= 0.6 is 22.6 Å². The number of sulfonamides is 1. The van der Waals surface area contributed by atoms with Gasteiger partial charge in [-0.1, -0.05) is 24.3 Å². The molecule has 0 aromatic heterocycles. The maximum absolute atomic E-state index is 12.4. The van der Waals surface area contributed by atoms with E-state index in [4.69, 9.17) is 0 Å². The minimum absolute atomic E-state index is 0.502. The molecule has 8 heteroatoms. The third-order valence-corrected chi connectivity index (χ3v) is 5.18. The fourth-order valence-electron chi connectivity index (χ4n) is 1.92. The number of rotatable bonds is 3. The van der Waals surface area contributed by atoms with Gasteiger partial charge in [0.1, 0.15) is 0 Å². The van der Waals surface area contributed by atoms with Gasteiger partial charge in [-0.15, -0.1) is 0 Å². The van der Waals surface area contributed by atoms with E-state index in [2.05, 4.69) is 0 Å². The molecule has 1 N–H and O–H groups in total. The average Bonchev–Trinajstić information content (AvgIpc) is 2.35. The summed E-state index contributed by atoms with van der Waals surface area (Å²) in [6, 6.07) is 9.89. The van der Waals surface area contributed by atoms with Gasteiger partial charge in [0, 0.05) is 9.61 Å². The largest absolute Gasteiger partial charge is 0.511 e. The van der Waals surface area contributed by atoms with E-state index in [-0.39, 0.29) is 0 Å². The molecule has 0 saturated carbocycles. The number of fused-ring (bicyclic) bond motifs is 1. The molecule has 2 rings (SSSR count). The van der Waals surface area contributed by atoms with E-state index in [1.165, 1.54) is 6.92 Å². The van der Waals surface area contributed by atoms with Crippen LogP contribution in [-0.2, 0) is 10.0 Å². The second-order valence-electron chi connectivity index (χ2n) is 4.51. The van der Waals surface area contributed by atoms with Crippen molar-refractivity contribution in [2.24, 2.45) is 0 Å². The highest BCUT2D eigenvalue weighted by Crippen LogP contribution is 2.29. The van der Waals surface area contributed by atoms with Crippen molar-refractivity contribution in [3.8, 4) is 0 Å². The van der Waals surface area contributed by atoms with Gasteiger partial charge in [-0.05, 0) is 58.0 Å². The molecule has 21 heavy (non-hydrogen) atoms. The first-order valence-electron chi connectivity index (χ1n) is 5.88. The van der Waals surface area contributed by atoms with Gasteiger partial charge >= 0.3 is 15.5 Å². The normalized spacial score (nSPS) is 14.3.